The SMILES string of the molecule is COc1ccc(OC)c(S(=O)(=O)N(C)Cc2ccc(Br)o2)c1. The van der Waals surface area contributed by atoms with Gasteiger partial charge in [0.2, 0.25) is 10.0 Å². The fourth-order valence-corrected chi connectivity index (χ4v) is 3.54. The Morgan fingerprint density at radius 3 is 2.45 bits per heavy atom. The van der Waals surface area contributed by atoms with E-state index in [0.717, 1.165) is 0 Å². The molecule has 2 aromatic rings. The normalized spacial score (nSPS) is 11.7. The van der Waals surface area contributed by atoms with E-state index in [2.05, 4.69) is 15.9 Å². The molecule has 1 heterocycles. The molecule has 6 nitrogen and oxygen atoms in total. The molecular formula is C14H16BrNO5S. The van der Waals surface area contributed by atoms with Crippen molar-refractivity contribution in [3.8, 4) is 11.5 Å². The summed E-state index contributed by atoms with van der Waals surface area (Å²) in [5.41, 5.74) is 0. The van der Waals surface area contributed by atoms with Crippen molar-refractivity contribution < 1.29 is 22.3 Å². The van der Waals surface area contributed by atoms with Crippen LogP contribution in [-0.2, 0) is 16.6 Å². The molecule has 0 aliphatic heterocycles. The van der Waals surface area contributed by atoms with E-state index in [-0.39, 0.29) is 17.2 Å². The first-order valence-corrected chi connectivity index (χ1v) is 8.54. The van der Waals surface area contributed by atoms with Crippen LogP contribution in [0.15, 0.2) is 44.3 Å². The number of furan rings is 1. The highest BCUT2D eigenvalue weighted by atomic mass is 79.9. The third-order valence-electron chi connectivity index (χ3n) is 3.07. The maximum Gasteiger partial charge on any atom is 0.247 e. The summed E-state index contributed by atoms with van der Waals surface area (Å²) < 4.78 is 42.8. The first-order valence-electron chi connectivity index (χ1n) is 6.31. The van der Waals surface area contributed by atoms with Gasteiger partial charge >= 0.3 is 0 Å². The first-order chi connectivity index (χ1) is 10.4. The summed E-state index contributed by atoms with van der Waals surface area (Å²) in [4.78, 5) is 0.0440. The van der Waals surface area contributed by atoms with Crippen LogP contribution < -0.4 is 9.47 Å². The van der Waals surface area contributed by atoms with Gasteiger partial charge in [0.1, 0.15) is 22.2 Å². The van der Waals surface area contributed by atoms with Crippen molar-refractivity contribution in [2.45, 2.75) is 11.4 Å². The molecule has 2 rings (SSSR count). The van der Waals surface area contributed by atoms with Crippen molar-refractivity contribution in [1.29, 1.82) is 0 Å². The molecule has 1 aromatic carbocycles. The van der Waals surface area contributed by atoms with E-state index in [1.165, 1.54) is 31.6 Å². The predicted molar refractivity (Wildman–Crippen MR) is 84.6 cm³/mol. The van der Waals surface area contributed by atoms with Crippen LogP contribution >= 0.6 is 15.9 Å². The lowest BCUT2D eigenvalue weighted by Gasteiger charge is -2.18. The van der Waals surface area contributed by atoms with Gasteiger partial charge in [-0.2, -0.15) is 4.31 Å². The summed E-state index contributed by atoms with van der Waals surface area (Å²) >= 11 is 3.19. The van der Waals surface area contributed by atoms with E-state index in [1.54, 1.807) is 24.3 Å². The first kappa shape index (κ1) is 16.9. The smallest absolute Gasteiger partial charge is 0.247 e. The summed E-state index contributed by atoms with van der Waals surface area (Å²) in [6.07, 6.45) is 0. The zero-order valence-corrected chi connectivity index (χ0v) is 14.8. The fraction of sp³-hybridized carbons (Fsp3) is 0.286. The van der Waals surface area contributed by atoms with Gasteiger partial charge < -0.3 is 13.9 Å². The quantitative estimate of drug-likeness (QED) is 0.759. The van der Waals surface area contributed by atoms with Crippen LogP contribution in [0.5, 0.6) is 11.5 Å². The number of hydrogen-bond acceptors (Lipinski definition) is 5. The molecule has 120 valence electrons. The largest absolute Gasteiger partial charge is 0.497 e. The Labute approximate surface area is 137 Å². The number of hydrogen-bond donors (Lipinski definition) is 0. The predicted octanol–water partition coefficient (Wildman–Crippen LogP) is 2.88. The molecule has 0 bridgehead atoms. The molecule has 0 saturated carbocycles. The van der Waals surface area contributed by atoms with E-state index in [0.29, 0.717) is 16.2 Å². The molecule has 0 saturated heterocycles. The van der Waals surface area contributed by atoms with Gasteiger partial charge in [0.05, 0.1) is 20.8 Å². The molecule has 0 spiro atoms. The van der Waals surface area contributed by atoms with E-state index < -0.39 is 10.0 Å². The Kier molecular flexibility index (Phi) is 5.15. The molecule has 0 radical (unpaired) electrons. The molecule has 0 aliphatic carbocycles. The van der Waals surface area contributed by atoms with Gasteiger partial charge in [0.25, 0.3) is 0 Å². The lowest BCUT2D eigenvalue weighted by molar-refractivity contribution is 0.380. The number of halogens is 1. The van der Waals surface area contributed by atoms with Gasteiger partial charge in [-0.1, -0.05) is 0 Å². The van der Waals surface area contributed by atoms with Gasteiger partial charge in [-0.05, 0) is 40.2 Å². The number of nitrogens with zero attached hydrogens (tertiary/aromatic N) is 1. The van der Waals surface area contributed by atoms with E-state index in [9.17, 15) is 8.42 Å². The molecule has 1 aromatic heterocycles. The average Bonchev–Trinajstić information content (AvgIpc) is 2.91. The van der Waals surface area contributed by atoms with Crippen molar-refractivity contribution in [1.82, 2.24) is 4.31 Å². The van der Waals surface area contributed by atoms with Crippen molar-refractivity contribution in [2.24, 2.45) is 0 Å². The van der Waals surface area contributed by atoms with E-state index in [1.807, 2.05) is 0 Å². The Bertz CT molecular complexity index is 756. The van der Waals surface area contributed by atoms with Crippen LogP contribution in [0, 0.1) is 0 Å². The number of methoxy groups -OCH3 is 2. The zero-order chi connectivity index (χ0) is 16.3. The molecule has 0 aliphatic rings. The topological polar surface area (TPSA) is 69.0 Å². The third-order valence-corrected chi connectivity index (χ3v) is 5.32. The second-order valence-electron chi connectivity index (χ2n) is 4.48. The Morgan fingerprint density at radius 1 is 1.18 bits per heavy atom. The van der Waals surface area contributed by atoms with Crippen LogP contribution in [-0.4, -0.2) is 34.0 Å². The lowest BCUT2D eigenvalue weighted by Crippen LogP contribution is -2.26. The highest BCUT2D eigenvalue weighted by Crippen LogP contribution is 2.30. The maximum absolute atomic E-state index is 12.7. The molecule has 0 amide bonds. The van der Waals surface area contributed by atoms with Crippen LogP contribution in [0.25, 0.3) is 0 Å². The van der Waals surface area contributed by atoms with Crippen LogP contribution in [0.3, 0.4) is 0 Å². The molecular weight excluding hydrogens is 374 g/mol. The third kappa shape index (κ3) is 3.45. The summed E-state index contributed by atoms with van der Waals surface area (Å²) in [6.45, 7) is 0.105. The fourth-order valence-electron chi connectivity index (χ4n) is 1.89. The minimum Gasteiger partial charge on any atom is -0.497 e. The highest BCUT2D eigenvalue weighted by molar-refractivity contribution is 9.10. The van der Waals surface area contributed by atoms with Crippen LogP contribution in [0.4, 0.5) is 0 Å². The molecule has 0 fully saturated rings. The van der Waals surface area contributed by atoms with E-state index >= 15 is 0 Å². The van der Waals surface area contributed by atoms with Gasteiger partial charge in [-0.3, -0.25) is 0 Å². The zero-order valence-electron chi connectivity index (χ0n) is 12.4. The van der Waals surface area contributed by atoms with Gasteiger partial charge in [0.15, 0.2) is 4.67 Å². The van der Waals surface area contributed by atoms with Crippen molar-refractivity contribution in [3.63, 3.8) is 0 Å². The second-order valence-corrected chi connectivity index (χ2v) is 7.28. The monoisotopic (exact) mass is 389 g/mol. The molecule has 0 unspecified atom stereocenters. The number of rotatable bonds is 6. The standard InChI is InChI=1S/C14H16BrNO5S/c1-16(9-11-5-7-14(15)21-11)22(17,18)13-8-10(19-2)4-6-12(13)20-3/h4-8H,9H2,1-3H3. The van der Waals surface area contributed by atoms with Gasteiger partial charge in [-0.15, -0.1) is 0 Å². The van der Waals surface area contributed by atoms with Crippen molar-refractivity contribution >= 4 is 26.0 Å². The summed E-state index contributed by atoms with van der Waals surface area (Å²) in [5.74, 6) is 1.22. The average molecular weight is 390 g/mol. The van der Waals surface area contributed by atoms with Gasteiger partial charge in [0, 0.05) is 13.1 Å². The Balaban J connectivity index is 2.36. The van der Waals surface area contributed by atoms with Crippen LogP contribution in [0.1, 0.15) is 5.76 Å². The molecule has 22 heavy (non-hydrogen) atoms. The van der Waals surface area contributed by atoms with Crippen molar-refractivity contribution in [2.75, 3.05) is 21.3 Å². The van der Waals surface area contributed by atoms with E-state index in [4.69, 9.17) is 13.9 Å². The Hall–Kier alpha value is -1.51. The maximum atomic E-state index is 12.7. The summed E-state index contributed by atoms with van der Waals surface area (Å²) in [6, 6.07) is 8.05. The number of benzene rings is 1. The Morgan fingerprint density at radius 2 is 1.91 bits per heavy atom. The second kappa shape index (κ2) is 6.72. The minimum absolute atomic E-state index is 0.0440. The van der Waals surface area contributed by atoms with Gasteiger partial charge in [-0.25, -0.2) is 8.42 Å². The molecule has 0 N–H and O–H groups in total. The molecule has 0 atom stereocenters. The number of ether oxygens (including phenoxy) is 2. The molecule has 8 heteroatoms. The summed E-state index contributed by atoms with van der Waals surface area (Å²) in [5, 5.41) is 0. The lowest BCUT2D eigenvalue weighted by atomic mass is 10.3. The number of sulfonamides is 1. The minimum atomic E-state index is -3.75. The van der Waals surface area contributed by atoms with Crippen molar-refractivity contribution in [3.05, 3.63) is 40.8 Å². The highest BCUT2D eigenvalue weighted by Gasteiger charge is 2.26. The van der Waals surface area contributed by atoms with Crippen LogP contribution in [0.2, 0.25) is 0 Å². The summed E-state index contributed by atoms with van der Waals surface area (Å²) in [7, 11) is 0.622.